The van der Waals surface area contributed by atoms with Gasteiger partial charge < -0.3 is 10.2 Å². The zero-order chi connectivity index (χ0) is 10.7. The van der Waals surface area contributed by atoms with Crippen molar-refractivity contribution >= 4 is 23.0 Å². The minimum Gasteiger partial charge on any atom is -0.381 e. The maximum Gasteiger partial charge on any atom is 0.0597 e. The molecule has 0 heterocycles. The Morgan fingerprint density at radius 3 is 2.43 bits per heavy atom. The largest absolute Gasteiger partial charge is 0.381 e. The maximum absolute atomic E-state index is 5.95. The molecule has 0 saturated heterocycles. The molecule has 0 aliphatic rings. The van der Waals surface area contributed by atoms with E-state index in [1.165, 1.54) is 0 Å². The molecule has 1 rings (SSSR count). The first kappa shape index (κ1) is 11.2. The Bertz CT molecular complexity index is 308. The van der Waals surface area contributed by atoms with Gasteiger partial charge in [-0.3, -0.25) is 0 Å². The van der Waals surface area contributed by atoms with E-state index in [9.17, 15) is 0 Å². The molecule has 1 aromatic carbocycles. The van der Waals surface area contributed by atoms with Crippen LogP contribution >= 0.6 is 11.6 Å². The van der Waals surface area contributed by atoms with Gasteiger partial charge in [-0.2, -0.15) is 0 Å². The molecular weight excluding hydrogens is 196 g/mol. The van der Waals surface area contributed by atoms with E-state index in [0.717, 1.165) is 16.4 Å². The maximum atomic E-state index is 5.95. The van der Waals surface area contributed by atoms with Crippen LogP contribution < -0.4 is 10.2 Å². The smallest absolute Gasteiger partial charge is 0.0597 e. The monoisotopic (exact) mass is 212 g/mol. The molecule has 0 aromatic heterocycles. The van der Waals surface area contributed by atoms with Crippen molar-refractivity contribution in [3.05, 3.63) is 23.2 Å². The van der Waals surface area contributed by atoms with Gasteiger partial charge in [0.05, 0.1) is 11.4 Å². The van der Waals surface area contributed by atoms with Gasteiger partial charge in [-0.1, -0.05) is 11.6 Å². The second-order valence-electron chi connectivity index (χ2n) is 3.85. The molecule has 0 saturated carbocycles. The Morgan fingerprint density at radius 1 is 1.29 bits per heavy atom. The van der Waals surface area contributed by atoms with Gasteiger partial charge in [0.15, 0.2) is 0 Å². The molecule has 78 valence electrons. The van der Waals surface area contributed by atoms with Gasteiger partial charge in [0, 0.05) is 25.2 Å². The highest BCUT2D eigenvalue weighted by Crippen LogP contribution is 2.28. The highest BCUT2D eigenvalue weighted by atomic mass is 35.5. The predicted molar refractivity (Wildman–Crippen MR) is 64.5 cm³/mol. The molecule has 0 amide bonds. The lowest BCUT2D eigenvalue weighted by Gasteiger charge is -2.20. The van der Waals surface area contributed by atoms with Crippen LogP contribution in [0.25, 0.3) is 0 Å². The molecule has 1 N–H and O–H groups in total. The highest BCUT2D eigenvalue weighted by molar-refractivity contribution is 6.31. The van der Waals surface area contributed by atoms with Gasteiger partial charge in [0.1, 0.15) is 0 Å². The lowest BCUT2D eigenvalue weighted by Crippen LogP contribution is -2.15. The van der Waals surface area contributed by atoms with Crippen LogP contribution in [0.2, 0.25) is 5.02 Å². The van der Waals surface area contributed by atoms with Gasteiger partial charge in [0.2, 0.25) is 0 Å². The number of benzene rings is 1. The van der Waals surface area contributed by atoms with E-state index < -0.39 is 0 Å². The van der Waals surface area contributed by atoms with Crippen LogP contribution in [0.4, 0.5) is 11.4 Å². The molecule has 0 aliphatic heterocycles. The van der Waals surface area contributed by atoms with E-state index in [-0.39, 0.29) is 0 Å². The summed E-state index contributed by atoms with van der Waals surface area (Å²) in [6.45, 7) is 4.22. The topological polar surface area (TPSA) is 15.3 Å². The quantitative estimate of drug-likeness (QED) is 0.828. The lowest BCUT2D eigenvalue weighted by molar-refractivity contribution is 0.897. The molecule has 0 aliphatic carbocycles. The van der Waals surface area contributed by atoms with Crippen LogP contribution in [0, 0.1) is 0 Å². The second-order valence-corrected chi connectivity index (χ2v) is 4.29. The molecule has 0 fully saturated rings. The van der Waals surface area contributed by atoms with E-state index in [0.29, 0.717) is 6.04 Å². The summed E-state index contributed by atoms with van der Waals surface area (Å²) < 4.78 is 0. The molecule has 0 bridgehead atoms. The minimum absolute atomic E-state index is 0.409. The zero-order valence-corrected chi connectivity index (χ0v) is 9.89. The number of hydrogen-bond donors (Lipinski definition) is 1. The first-order chi connectivity index (χ1) is 6.50. The van der Waals surface area contributed by atoms with Gasteiger partial charge >= 0.3 is 0 Å². The summed E-state index contributed by atoms with van der Waals surface area (Å²) in [5, 5.41) is 4.13. The highest BCUT2D eigenvalue weighted by Gasteiger charge is 2.05. The van der Waals surface area contributed by atoms with Crippen molar-refractivity contribution in [1.29, 1.82) is 0 Å². The fraction of sp³-hybridized carbons (Fsp3) is 0.455. The number of nitrogens with zero attached hydrogens (tertiary/aromatic N) is 1. The third-order valence-corrected chi connectivity index (χ3v) is 2.12. The number of nitrogens with one attached hydrogen (secondary N) is 1. The van der Waals surface area contributed by atoms with Gasteiger partial charge in [0.25, 0.3) is 0 Å². The van der Waals surface area contributed by atoms with Crippen molar-refractivity contribution in [2.24, 2.45) is 0 Å². The van der Waals surface area contributed by atoms with E-state index in [4.69, 9.17) is 11.6 Å². The zero-order valence-electron chi connectivity index (χ0n) is 9.13. The van der Waals surface area contributed by atoms with E-state index in [2.05, 4.69) is 24.1 Å². The molecule has 1 aromatic rings. The van der Waals surface area contributed by atoms with E-state index in [1.807, 2.05) is 32.3 Å². The first-order valence-corrected chi connectivity index (χ1v) is 5.12. The van der Waals surface area contributed by atoms with Crippen molar-refractivity contribution in [2.75, 3.05) is 24.3 Å². The van der Waals surface area contributed by atoms with Gasteiger partial charge in [-0.25, -0.2) is 0 Å². The van der Waals surface area contributed by atoms with Crippen molar-refractivity contribution in [2.45, 2.75) is 19.9 Å². The molecule has 2 nitrogen and oxygen atoms in total. The summed E-state index contributed by atoms with van der Waals surface area (Å²) in [6.07, 6.45) is 0. The first-order valence-electron chi connectivity index (χ1n) is 4.74. The van der Waals surface area contributed by atoms with Gasteiger partial charge in [-0.15, -0.1) is 0 Å². The van der Waals surface area contributed by atoms with Crippen LogP contribution in [0.5, 0.6) is 0 Å². The van der Waals surface area contributed by atoms with Gasteiger partial charge in [-0.05, 0) is 32.0 Å². The Balaban J connectivity index is 3.03. The van der Waals surface area contributed by atoms with E-state index in [1.54, 1.807) is 0 Å². The molecular formula is C11H17ClN2. The molecule has 0 spiro atoms. The number of halogens is 1. The average molecular weight is 213 g/mol. The lowest BCUT2D eigenvalue weighted by atomic mass is 10.2. The third kappa shape index (κ3) is 2.81. The predicted octanol–water partition coefficient (Wildman–Crippen LogP) is 3.23. The summed E-state index contributed by atoms with van der Waals surface area (Å²) in [5.41, 5.74) is 2.24. The molecule has 0 unspecified atom stereocenters. The summed E-state index contributed by atoms with van der Waals surface area (Å²) in [7, 11) is 4.05. The summed E-state index contributed by atoms with van der Waals surface area (Å²) in [4.78, 5) is 2.07. The Hall–Kier alpha value is -0.890. The van der Waals surface area contributed by atoms with Crippen molar-refractivity contribution in [3.63, 3.8) is 0 Å². The number of hydrogen-bond acceptors (Lipinski definition) is 2. The summed E-state index contributed by atoms with van der Waals surface area (Å²) >= 11 is 5.95. The number of anilines is 2. The second kappa shape index (κ2) is 4.56. The van der Waals surface area contributed by atoms with E-state index >= 15 is 0 Å². The summed E-state index contributed by atoms with van der Waals surface area (Å²) in [5.74, 6) is 0. The normalized spacial score (nSPS) is 10.4. The van der Waals surface area contributed by atoms with Crippen LogP contribution in [0.3, 0.4) is 0 Å². The Morgan fingerprint density at radius 2 is 1.93 bits per heavy atom. The Labute approximate surface area is 90.9 Å². The number of rotatable bonds is 3. The Kier molecular flexibility index (Phi) is 3.64. The van der Waals surface area contributed by atoms with Crippen LogP contribution in [-0.4, -0.2) is 20.1 Å². The van der Waals surface area contributed by atoms with Crippen LogP contribution in [0.15, 0.2) is 18.2 Å². The van der Waals surface area contributed by atoms with Crippen LogP contribution in [-0.2, 0) is 0 Å². The van der Waals surface area contributed by atoms with Crippen molar-refractivity contribution < 1.29 is 0 Å². The molecule has 0 atom stereocenters. The molecule has 14 heavy (non-hydrogen) atoms. The summed E-state index contributed by atoms with van der Waals surface area (Å²) in [6, 6.07) is 6.29. The fourth-order valence-electron chi connectivity index (χ4n) is 1.32. The van der Waals surface area contributed by atoms with Crippen molar-refractivity contribution in [3.8, 4) is 0 Å². The standard InChI is InChI=1S/C11H17ClN2/c1-8(2)13-10-7-9(12)5-6-11(10)14(3)4/h5-8,13H,1-4H3. The average Bonchev–Trinajstić information content (AvgIpc) is 2.01. The minimum atomic E-state index is 0.409. The SMILES string of the molecule is CC(C)Nc1cc(Cl)ccc1N(C)C. The third-order valence-electron chi connectivity index (χ3n) is 1.88. The van der Waals surface area contributed by atoms with Crippen molar-refractivity contribution in [1.82, 2.24) is 0 Å². The molecule has 0 radical (unpaired) electrons. The van der Waals surface area contributed by atoms with Crippen LogP contribution in [0.1, 0.15) is 13.8 Å². The fourth-order valence-corrected chi connectivity index (χ4v) is 1.50. The molecule has 3 heteroatoms.